The van der Waals surface area contributed by atoms with E-state index in [1.807, 2.05) is 24.3 Å². The van der Waals surface area contributed by atoms with E-state index in [2.05, 4.69) is 20.9 Å². The van der Waals surface area contributed by atoms with Crippen LogP contribution in [0.1, 0.15) is 25.0 Å². The first-order valence-corrected chi connectivity index (χ1v) is 12.2. The Morgan fingerprint density at radius 2 is 1.63 bits per heavy atom. The van der Waals surface area contributed by atoms with Crippen LogP contribution in [0.3, 0.4) is 0 Å². The van der Waals surface area contributed by atoms with Crippen molar-refractivity contribution in [3.05, 3.63) is 65.9 Å². The number of phenolic OH excluding ortho intramolecular Hbond substituents is 1. The van der Waals surface area contributed by atoms with Gasteiger partial charge in [0.25, 0.3) is 0 Å². The van der Waals surface area contributed by atoms with Gasteiger partial charge in [-0.15, -0.1) is 0 Å². The van der Waals surface area contributed by atoms with E-state index in [4.69, 9.17) is 5.73 Å². The van der Waals surface area contributed by atoms with Crippen LogP contribution in [0.4, 0.5) is 0 Å². The number of aromatic amines is 1. The van der Waals surface area contributed by atoms with Crippen LogP contribution < -0.4 is 21.7 Å². The summed E-state index contributed by atoms with van der Waals surface area (Å²) in [6.45, 7) is 2.85. The molecule has 3 atom stereocenters. The number of phenols is 1. The molecule has 2 aromatic carbocycles. The fourth-order valence-corrected chi connectivity index (χ4v) is 4.02. The van der Waals surface area contributed by atoms with E-state index in [9.17, 15) is 29.4 Å². The Balaban J connectivity index is 1.71. The van der Waals surface area contributed by atoms with E-state index in [1.54, 1.807) is 32.2 Å². The van der Waals surface area contributed by atoms with Gasteiger partial charge in [0.2, 0.25) is 17.7 Å². The van der Waals surface area contributed by atoms with Gasteiger partial charge in [0.15, 0.2) is 0 Å². The Morgan fingerprint density at radius 1 is 0.947 bits per heavy atom. The molecule has 3 rings (SSSR count). The number of H-pyrrole nitrogens is 1. The van der Waals surface area contributed by atoms with Crippen molar-refractivity contribution in [2.75, 3.05) is 6.54 Å². The van der Waals surface area contributed by atoms with Crippen LogP contribution in [-0.4, -0.2) is 63.6 Å². The van der Waals surface area contributed by atoms with Gasteiger partial charge in [-0.1, -0.05) is 44.2 Å². The Kier molecular flexibility index (Phi) is 9.44. The molecule has 1 aromatic heterocycles. The van der Waals surface area contributed by atoms with Crippen LogP contribution in [0.2, 0.25) is 0 Å². The van der Waals surface area contributed by atoms with Crippen LogP contribution in [0.25, 0.3) is 10.9 Å². The van der Waals surface area contributed by atoms with Gasteiger partial charge in [0, 0.05) is 23.5 Å². The summed E-state index contributed by atoms with van der Waals surface area (Å²) in [7, 11) is 0. The fourth-order valence-electron chi connectivity index (χ4n) is 4.02. The number of rotatable bonds is 12. The summed E-state index contributed by atoms with van der Waals surface area (Å²) >= 11 is 0. The van der Waals surface area contributed by atoms with E-state index in [1.165, 1.54) is 12.1 Å². The van der Waals surface area contributed by atoms with Crippen LogP contribution in [0, 0.1) is 5.92 Å². The molecule has 0 saturated heterocycles. The molecule has 0 aliphatic rings. The van der Waals surface area contributed by atoms with Gasteiger partial charge in [-0.05, 0) is 41.7 Å². The molecule has 202 valence electrons. The van der Waals surface area contributed by atoms with Crippen LogP contribution in [0.15, 0.2) is 54.7 Å². The first-order valence-electron chi connectivity index (χ1n) is 12.2. The second-order valence-corrected chi connectivity index (χ2v) is 9.45. The summed E-state index contributed by atoms with van der Waals surface area (Å²) in [6.07, 6.45) is 2.06. The van der Waals surface area contributed by atoms with E-state index < -0.39 is 48.4 Å². The molecule has 8 N–H and O–H groups in total. The lowest BCUT2D eigenvalue weighted by molar-refractivity contribution is -0.143. The monoisotopic (exact) mass is 523 g/mol. The number of nitrogens with one attached hydrogen (secondary N) is 4. The molecule has 0 fully saturated rings. The van der Waals surface area contributed by atoms with Gasteiger partial charge < -0.3 is 36.9 Å². The molecule has 0 aliphatic carbocycles. The average molecular weight is 524 g/mol. The summed E-state index contributed by atoms with van der Waals surface area (Å²) in [6, 6.07) is 10.7. The quantitative estimate of drug-likeness (QED) is 0.183. The number of carbonyl (C=O) groups is 4. The zero-order chi connectivity index (χ0) is 27.8. The summed E-state index contributed by atoms with van der Waals surface area (Å²) in [5.41, 5.74) is 8.48. The number of hydrogen-bond acceptors (Lipinski definition) is 6. The number of amides is 3. The molecular formula is C27H33N5O6. The highest BCUT2D eigenvalue weighted by atomic mass is 16.4. The third-order valence-corrected chi connectivity index (χ3v) is 6.13. The van der Waals surface area contributed by atoms with Gasteiger partial charge in [-0.3, -0.25) is 14.4 Å². The third kappa shape index (κ3) is 7.56. The highest BCUT2D eigenvalue weighted by Gasteiger charge is 2.27. The predicted octanol–water partition coefficient (Wildman–Crippen LogP) is 0.812. The van der Waals surface area contributed by atoms with Crippen LogP contribution in [-0.2, 0) is 32.0 Å². The lowest BCUT2D eigenvalue weighted by Crippen LogP contribution is -2.54. The number of benzene rings is 2. The molecule has 0 spiro atoms. The van der Waals surface area contributed by atoms with Crippen molar-refractivity contribution < 1.29 is 29.4 Å². The molecule has 1 heterocycles. The number of aromatic nitrogens is 1. The van der Waals surface area contributed by atoms with Crippen molar-refractivity contribution in [3.63, 3.8) is 0 Å². The molecule has 0 aliphatic heterocycles. The standard InChI is InChI=1S/C27H33N5O6/c1-15(2)24(27(37)38)32-23(34)14-30-26(36)22(12-17-13-29-21-6-4-3-5-19(17)21)31-25(35)20(28)11-16-7-9-18(33)10-8-16/h3-10,13,15,20,22,24,29,33H,11-12,14,28H2,1-2H3,(H,30,36)(H,31,35)(H,32,34)(H,37,38). The fraction of sp³-hybridized carbons (Fsp3) is 0.333. The maximum atomic E-state index is 13.1. The minimum absolute atomic E-state index is 0.0920. The lowest BCUT2D eigenvalue weighted by Gasteiger charge is -2.22. The van der Waals surface area contributed by atoms with Gasteiger partial charge in [-0.25, -0.2) is 4.79 Å². The number of fused-ring (bicyclic) bond motifs is 1. The minimum Gasteiger partial charge on any atom is -0.508 e. The van der Waals surface area contributed by atoms with E-state index >= 15 is 0 Å². The second-order valence-electron chi connectivity index (χ2n) is 9.45. The number of aromatic hydroxyl groups is 1. The SMILES string of the molecule is CC(C)C(NC(=O)CNC(=O)C(Cc1c[nH]c2ccccc12)NC(=O)C(N)Cc1ccc(O)cc1)C(=O)O. The number of para-hydroxylation sites is 1. The average Bonchev–Trinajstić information content (AvgIpc) is 3.29. The predicted molar refractivity (Wildman–Crippen MR) is 141 cm³/mol. The van der Waals surface area contributed by atoms with Gasteiger partial charge in [0.1, 0.15) is 17.8 Å². The largest absolute Gasteiger partial charge is 0.508 e. The number of carbonyl (C=O) groups excluding carboxylic acids is 3. The highest BCUT2D eigenvalue weighted by Crippen LogP contribution is 2.19. The van der Waals surface area contributed by atoms with Crippen molar-refractivity contribution in [1.29, 1.82) is 0 Å². The first kappa shape index (κ1) is 28.2. The van der Waals surface area contributed by atoms with E-state index in [0.29, 0.717) is 0 Å². The zero-order valence-electron chi connectivity index (χ0n) is 21.2. The van der Waals surface area contributed by atoms with E-state index in [-0.39, 0.29) is 24.5 Å². The van der Waals surface area contributed by atoms with Crippen LogP contribution in [0.5, 0.6) is 5.75 Å². The minimum atomic E-state index is -1.17. The molecule has 0 bridgehead atoms. The smallest absolute Gasteiger partial charge is 0.326 e. The molecule has 0 radical (unpaired) electrons. The number of carboxylic acid groups (broad SMARTS) is 1. The van der Waals surface area contributed by atoms with Crippen molar-refractivity contribution in [2.45, 2.75) is 44.8 Å². The highest BCUT2D eigenvalue weighted by molar-refractivity contribution is 5.93. The number of hydrogen-bond donors (Lipinski definition) is 7. The molecule has 3 unspecified atom stereocenters. The molecule has 3 amide bonds. The molecule has 3 aromatic rings. The summed E-state index contributed by atoms with van der Waals surface area (Å²) < 4.78 is 0. The van der Waals surface area contributed by atoms with Gasteiger partial charge in [0.05, 0.1) is 12.6 Å². The Labute approximate surface area is 219 Å². The molecule has 38 heavy (non-hydrogen) atoms. The van der Waals surface area contributed by atoms with Crippen LogP contribution >= 0.6 is 0 Å². The first-order chi connectivity index (χ1) is 18.0. The Morgan fingerprint density at radius 3 is 2.29 bits per heavy atom. The molecular weight excluding hydrogens is 490 g/mol. The normalized spacial score (nSPS) is 13.5. The summed E-state index contributed by atoms with van der Waals surface area (Å²) in [5.74, 6) is -3.28. The second kappa shape index (κ2) is 12.7. The molecule has 0 saturated carbocycles. The molecule has 11 nitrogen and oxygen atoms in total. The van der Waals surface area contributed by atoms with Gasteiger partial charge in [-0.2, -0.15) is 0 Å². The maximum Gasteiger partial charge on any atom is 0.326 e. The number of nitrogens with two attached hydrogens (primary N) is 1. The van der Waals surface area contributed by atoms with Crippen molar-refractivity contribution >= 4 is 34.6 Å². The summed E-state index contributed by atoms with van der Waals surface area (Å²) in [4.78, 5) is 52.9. The topological polar surface area (TPSA) is 187 Å². The lowest BCUT2D eigenvalue weighted by atomic mass is 10.0. The Hall–Kier alpha value is -4.38. The van der Waals surface area contributed by atoms with Crippen molar-refractivity contribution in [3.8, 4) is 5.75 Å². The molecule has 11 heteroatoms. The zero-order valence-corrected chi connectivity index (χ0v) is 21.2. The third-order valence-electron chi connectivity index (χ3n) is 6.13. The summed E-state index contributed by atoms with van der Waals surface area (Å²) in [5, 5.41) is 27.2. The number of carboxylic acids is 1. The Bertz CT molecular complexity index is 1290. The van der Waals surface area contributed by atoms with Crippen molar-refractivity contribution in [2.24, 2.45) is 11.7 Å². The van der Waals surface area contributed by atoms with Gasteiger partial charge >= 0.3 is 5.97 Å². The van der Waals surface area contributed by atoms with E-state index in [0.717, 1.165) is 22.0 Å². The maximum absolute atomic E-state index is 13.1. The van der Waals surface area contributed by atoms with Crippen molar-refractivity contribution in [1.82, 2.24) is 20.9 Å². The number of aliphatic carboxylic acids is 1.